The highest BCUT2D eigenvalue weighted by Gasteiger charge is 2.21. The summed E-state index contributed by atoms with van der Waals surface area (Å²) in [5.41, 5.74) is 8.74. The Hall–Kier alpha value is -0.860. The lowest BCUT2D eigenvalue weighted by Gasteiger charge is -2.28. The van der Waals surface area contributed by atoms with E-state index in [2.05, 4.69) is 57.3 Å². The Morgan fingerprint density at radius 2 is 1.53 bits per heavy atom. The largest absolute Gasteiger partial charge is 0.324 e. The van der Waals surface area contributed by atoms with Crippen LogP contribution in [0.3, 0.4) is 0 Å². The Balaban J connectivity index is 2.66. The molecule has 1 aromatic rings. The van der Waals surface area contributed by atoms with Crippen LogP contribution in [0.4, 0.5) is 0 Å². The molecular weight excluding hydrogens is 232 g/mol. The van der Waals surface area contributed by atoms with Crippen molar-refractivity contribution in [3.05, 3.63) is 35.4 Å². The third-order valence-electron chi connectivity index (χ3n) is 3.51. The van der Waals surface area contributed by atoms with Gasteiger partial charge in [0.1, 0.15) is 0 Å². The average molecular weight is 262 g/mol. The van der Waals surface area contributed by atoms with Gasteiger partial charge >= 0.3 is 0 Å². The van der Waals surface area contributed by atoms with E-state index in [-0.39, 0.29) is 11.0 Å². The van der Waals surface area contributed by atoms with Crippen molar-refractivity contribution in [2.45, 2.75) is 58.4 Å². The van der Waals surface area contributed by atoms with Gasteiger partial charge in [-0.25, -0.2) is 0 Å². The highest BCUT2D eigenvalue weighted by molar-refractivity contribution is 5.29. The van der Waals surface area contributed by atoms with Gasteiger partial charge in [0.25, 0.3) is 0 Å². The van der Waals surface area contributed by atoms with Crippen molar-refractivity contribution in [1.82, 2.24) is 5.32 Å². The number of hydrogen-bond donors (Lipinski definition) is 2. The molecule has 1 aromatic carbocycles. The van der Waals surface area contributed by atoms with E-state index in [1.807, 2.05) is 13.8 Å². The number of hydrogen-bond acceptors (Lipinski definition) is 2. The molecule has 0 aliphatic rings. The van der Waals surface area contributed by atoms with Crippen LogP contribution in [0, 0.1) is 0 Å². The van der Waals surface area contributed by atoms with Crippen LogP contribution in [0.25, 0.3) is 0 Å². The molecule has 0 amide bonds. The first kappa shape index (κ1) is 16.2. The molecule has 0 unspecified atom stereocenters. The summed E-state index contributed by atoms with van der Waals surface area (Å²) in [7, 11) is 0. The van der Waals surface area contributed by atoms with Gasteiger partial charge in [0.2, 0.25) is 0 Å². The van der Waals surface area contributed by atoms with E-state index in [1.165, 1.54) is 11.1 Å². The maximum atomic E-state index is 5.99. The van der Waals surface area contributed by atoms with Gasteiger partial charge in [-0.3, -0.25) is 0 Å². The van der Waals surface area contributed by atoms with Crippen LogP contribution in [-0.2, 0) is 5.41 Å². The van der Waals surface area contributed by atoms with E-state index in [0.717, 1.165) is 13.1 Å². The van der Waals surface area contributed by atoms with Crippen molar-refractivity contribution in [3.8, 4) is 0 Å². The summed E-state index contributed by atoms with van der Waals surface area (Å²) in [4.78, 5) is 0. The smallest absolute Gasteiger partial charge is 0.0223 e. The molecule has 0 radical (unpaired) electrons. The molecule has 2 nitrogen and oxygen atoms in total. The molecule has 0 aliphatic carbocycles. The molecule has 0 aliphatic heterocycles. The van der Waals surface area contributed by atoms with Crippen molar-refractivity contribution >= 4 is 0 Å². The summed E-state index contributed by atoms with van der Waals surface area (Å²) < 4.78 is 0. The van der Waals surface area contributed by atoms with Crippen LogP contribution in [0.2, 0.25) is 0 Å². The number of rotatable bonds is 6. The molecule has 0 aromatic heterocycles. The predicted octanol–water partition coefficient (Wildman–Crippen LogP) is 3.41. The standard InChI is InChI=1S/C17H30N2/c1-13(2)14-7-9-15(10-8-14)16(3,4)11-19-12-17(5,6)18/h7-10,13,19H,11-12,18H2,1-6H3. The zero-order valence-electron chi connectivity index (χ0n) is 13.4. The third-order valence-corrected chi connectivity index (χ3v) is 3.51. The molecule has 3 N–H and O–H groups in total. The fourth-order valence-electron chi connectivity index (χ4n) is 2.12. The van der Waals surface area contributed by atoms with Gasteiger partial charge < -0.3 is 11.1 Å². The maximum absolute atomic E-state index is 5.99. The van der Waals surface area contributed by atoms with Crippen LogP contribution < -0.4 is 11.1 Å². The molecule has 2 heteroatoms. The zero-order chi connectivity index (χ0) is 14.7. The van der Waals surface area contributed by atoms with Crippen molar-refractivity contribution < 1.29 is 0 Å². The first-order valence-electron chi connectivity index (χ1n) is 7.22. The SMILES string of the molecule is CC(C)c1ccc(C(C)(C)CNCC(C)(C)N)cc1. The lowest BCUT2D eigenvalue weighted by atomic mass is 9.83. The van der Waals surface area contributed by atoms with Crippen LogP contribution in [0.15, 0.2) is 24.3 Å². The molecule has 108 valence electrons. The van der Waals surface area contributed by atoms with E-state index < -0.39 is 0 Å². The summed E-state index contributed by atoms with van der Waals surface area (Å²) >= 11 is 0. The number of nitrogens with two attached hydrogens (primary N) is 1. The maximum Gasteiger partial charge on any atom is 0.0223 e. The number of benzene rings is 1. The minimum absolute atomic E-state index is 0.126. The van der Waals surface area contributed by atoms with Crippen molar-refractivity contribution in [1.29, 1.82) is 0 Å². The van der Waals surface area contributed by atoms with Gasteiger partial charge in [-0.05, 0) is 30.9 Å². The predicted molar refractivity (Wildman–Crippen MR) is 84.7 cm³/mol. The lowest BCUT2D eigenvalue weighted by Crippen LogP contribution is -2.46. The average Bonchev–Trinajstić information content (AvgIpc) is 2.27. The zero-order valence-corrected chi connectivity index (χ0v) is 13.4. The monoisotopic (exact) mass is 262 g/mol. The Labute approximate surface area is 118 Å². The minimum Gasteiger partial charge on any atom is -0.324 e. The van der Waals surface area contributed by atoms with Gasteiger partial charge in [0, 0.05) is 24.0 Å². The molecule has 1 rings (SSSR count). The summed E-state index contributed by atoms with van der Waals surface area (Å²) in [6.45, 7) is 14.9. The van der Waals surface area contributed by atoms with Crippen LogP contribution in [0.5, 0.6) is 0 Å². The third kappa shape index (κ3) is 5.33. The second-order valence-electron chi connectivity index (χ2n) is 7.25. The fraction of sp³-hybridized carbons (Fsp3) is 0.647. The van der Waals surface area contributed by atoms with Gasteiger partial charge in [0.15, 0.2) is 0 Å². The van der Waals surface area contributed by atoms with Crippen molar-refractivity contribution in [3.63, 3.8) is 0 Å². The second-order valence-corrected chi connectivity index (χ2v) is 7.25. The van der Waals surface area contributed by atoms with Crippen molar-refractivity contribution in [2.24, 2.45) is 5.73 Å². The Kier molecular flexibility index (Phi) is 5.17. The van der Waals surface area contributed by atoms with Gasteiger partial charge in [0.05, 0.1) is 0 Å². The molecular formula is C17H30N2. The number of nitrogens with one attached hydrogen (secondary N) is 1. The van der Waals surface area contributed by atoms with Crippen LogP contribution in [-0.4, -0.2) is 18.6 Å². The first-order chi connectivity index (χ1) is 8.62. The lowest BCUT2D eigenvalue weighted by molar-refractivity contribution is 0.411. The molecule has 0 fully saturated rings. The van der Waals surface area contributed by atoms with E-state index >= 15 is 0 Å². The fourth-order valence-corrected chi connectivity index (χ4v) is 2.12. The second kappa shape index (κ2) is 6.06. The first-order valence-corrected chi connectivity index (χ1v) is 7.22. The summed E-state index contributed by atoms with van der Waals surface area (Å²) in [5.74, 6) is 0.591. The molecule has 19 heavy (non-hydrogen) atoms. The summed E-state index contributed by atoms with van der Waals surface area (Å²) in [6, 6.07) is 9.00. The van der Waals surface area contributed by atoms with Crippen LogP contribution in [0.1, 0.15) is 58.6 Å². The molecule has 0 heterocycles. The Morgan fingerprint density at radius 1 is 1.00 bits per heavy atom. The highest BCUT2D eigenvalue weighted by Crippen LogP contribution is 2.24. The van der Waals surface area contributed by atoms with Gasteiger partial charge in [-0.15, -0.1) is 0 Å². The van der Waals surface area contributed by atoms with Gasteiger partial charge in [-0.1, -0.05) is 52.0 Å². The molecule has 0 bridgehead atoms. The molecule has 0 saturated heterocycles. The van der Waals surface area contributed by atoms with Gasteiger partial charge in [-0.2, -0.15) is 0 Å². The van der Waals surface area contributed by atoms with Crippen LogP contribution >= 0.6 is 0 Å². The van der Waals surface area contributed by atoms with E-state index in [0.29, 0.717) is 5.92 Å². The molecule has 0 atom stereocenters. The Bertz CT molecular complexity index is 383. The normalized spacial score (nSPS) is 13.1. The van der Waals surface area contributed by atoms with E-state index in [4.69, 9.17) is 5.73 Å². The topological polar surface area (TPSA) is 38.0 Å². The summed E-state index contributed by atoms with van der Waals surface area (Å²) in [5, 5.41) is 3.48. The Morgan fingerprint density at radius 3 is 1.95 bits per heavy atom. The summed E-state index contributed by atoms with van der Waals surface area (Å²) in [6.07, 6.45) is 0. The molecule has 0 spiro atoms. The highest BCUT2D eigenvalue weighted by atomic mass is 14.9. The van der Waals surface area contributed by atoms with E-state index in [1.54, 1.807) is 0 Å². The minimum atomic E-state index is -0.155. The van der Waals surface area contributed by atoms with E-state index in [9.17, 15) is 0 Å². The quantitative estimate of drug-likeness (QED) is 0.824. The molecule has 0 saturated carbocycles. The van der Waals surface area contributed by atoms with Crippen molar-refractivity contribution in [2.75, 3.05) is 13.1 Å².